The summed E-state index contributed by atoms with van der Waals surface area (Å²) in [5.41, 5.74) is 2.63. The molecule has 1 fully saturated rings. The normalized spacial score (nSPS) is 14.3. The number of nitrogens with zero attached hydrogens (tertiary/aromatic N) is 3. The zero-order valence-corrected chi connectivity index (χ0v) is 15.4. The molecular weight excluding hydrogens is 346 g/mol. The van der Waals surface area contributed by atoms with Crippen LogP contribution in [0.25, 0.3) is 11.5 Å². The van der Waals surface area contributed by atoms with Crippen LogP contribution in [0.15, 0.2) is 34.7 Å². The third kappa shape index (κ3) is 3.14. The molecule has 3 aromatic heterocycles. The number of furan rings is 1. The van der Waals surface area contributed by atoms with Crippen LogP contribution >= 0.6 is 0 Å². The molecule has 0 spiro atoms. The molecular formula is C19H21N5O3. The lowest BCUT2D eigenvalue weighted by molar-refractivity contribution is 0.0536. The first-order valence-electron chi connectivity index (χ1n) is 8.77. The maximum Gasteiger partial charge on any atom is 0.274 e. The molecule has 2 amide bonds. The van der Waals surface area contributed by atoms with E-state index in [2.05, 4.69) is 15.5 Å². The summed E-state index contributed by atoms with van der Waals surface area (Å²) >= 11 is 0. The lowest BCUT2D eigenvalue weighted by Gasteiger charge is -2.39. The molecule has 1 aliphatic heterocycles. The lowest BCUT2D eigenvalue weighted by atomic mass is 10.1. The summed E-state index contributed by atoms with van der Waals surface area (Å²) < 4.78 is 7.38. The van der Waals surface area contributed by atoms with E-state index in [1.807, 2.05) is 43.7 Å². The van der Waals surface area contributed by atoms with Gasteiger partial charge in [0.25, 0.3) is 11.8 Å². The van der Waals surface area contributed by atoms with Gasteiger partial charge in [0.1, 0.15) is 17.1 Å². The molecule has 27 heavy (non-hydrogen) atoms. The van der Waals surface area contributed by atoms with Gasteiger partial charge in [-0.1, -0.05) is 0 Å². The van der Waals surface area contributed by atoms with Crippen LogP contribution in [0.4, 0.5) is 0 Å². The minimum Gasteiger partial charge on any atom is -0.460 e. The molecule has 8 nitrogen and oxygen atoms in total. The highest BCUT2D eigenvalue weighted by atomic mass is 16.3. The number of hydrogen-bond donors (Lipinski definition) is 2. The number of aromatic nitrogens is 3. The van der Waals surface area contributed by atoms with Crippen LogP contribution in [0.1, 0.15) is 32.4 Å². The fourth-order valence-electron chi connectivity index (χ4n) is 3.13. The van der Waals surface area contributed by atoms with Gasteiger partial charge in [0.05, 0.1) is 6.04 Å². The largest absolute Gasteiger partial charge is 0.460 e. The summed E-state index contributed by atoms with van der Waals surface area (Å²) in [4.78, 5) is 26.5. The number of carbonyl (C=O) groups excluding carboxylic acids is 2. The summed E-state index contributed by atoms with van der Waals surface area (Å²) in [6, 6.07) is 9.02. The highest BCUT2D eigenvalue weighted by Gasteiger charge is 2.33. The molecule has 0 saturated carbocycles. The Labute approximate surface area is 156 Å². The maximum atomic E-state index is 12.5. The Bertz CT molecular complexity index is 1010. The van der Waals surface area contributed by atoms with E-state index >= 15 is 0 Å². The van der Waals surface area contributed by atoms with Crippen molar-refractivity contribution in [2.24, 2.45) is 7.05 Å². The number of hydrogen-bond acceptors (Lipinski definition) is 4. The van der Waals surface area contributed by atoms with Gasteiger partial charge in [-0.25, -0.2) is 0 Å². The molecule has 0 aromatic carbocycles. The zero-order chi connectivity index (χ0) is 19.1. The van der Waals surface area contributed by atoms with E-state index in [0.29, 0.717) is 35.9 Å². The van der Waals surface area contributed by atoms with Crippen molar-refractivity contribution in [3.63, 3.8) is 0 Å². The van der Waals surface area contributed by atoms with Gasteiger partial charge in [-0.2, -0.15) is 5.10 Å². The van der Waals surface area contributed by atoms with Crippen molar-refractivity contribution in [3.8, 4) is 11.5 Å². The van der Waals surface area contributed by atoms with Crippen molar-refractivity contribution in [1.29, 1.82) is 0 Å². The van der Waals surface area contributed by atoms with E-state index in [4.69, 9.17) is 4.42 Å². The molecule has 0 radical (unpaired) electrons. The van der Waals surface area contributed by atoms with E-state index in [-0.39, 0.29) is 17.9 Å². The third-order valence-corrected chi connectivity index (χ3v) is 4.91. The Morgan fingerprint density at radius 2 is 2.00 bits per heavy atom. The smallest absolute Gasteiger partial charge is 0.274 e. The summed E-state index contributed by atoms with van der Waals surface area (Å²) in [6.45, 7) is 4.74. The molecule has 0 unspecified atom stereocenters. The molecule has 0 bridgehead atoms. The summed E-state index contributed by atoms with van der Waals surface area (Å²) in [5.74, 6) is 1.15. The number of rotatable bonds is 4. The molecule has 140 valence electrons. The quantitative estimate of drug-likeness (QED) is 0.736. The van der Waals surface area contributed by atoms with Gasteiger partial charge in [0.15, 0.2) is 11.5 Å². The fraction of sp³-hybridized carbons (Fsp3) is 0.316. The predicted molar refractivity (Wildman–Crippen MR) is 98.3 cm³/mol. The van der Waals surface area contributed by atoms with Crippen LogP contribution in [0.3, 0.4) is 0 Å². The fourth-order valence-corrected chi connectivity index (χ4v) is 3.13. The first-order chi connectivity index (χ1) is 12.9. The number of H-pyrrole nitrogens is 1. The van der Waals surface area contributed by atoms with Crippen molar-refractivity contribution in [1.82, 2.24) is 25.0 Å². The number of likely N-dealkylation sites (tertiary alicyclic amines) is 1. The van der Waals surface area contributed by atoms with Gasteiger partial charge in [0, 0.05) is 31.9 Å². The molecule has 0 atom stereocenters. The van der Waals surface area contributed by atoms with Crippen molar-refractivity contribution in [2.45, 2.75) is 19.9 Å². The van der Waals surface area contributed by atoms with Crippen molar-refractivity contribution in [3.05, 3.63) is 53.2 Å². The molecule has 4 rings (SSSR count). The van der Waals surface area contributed by atoms with Crippen LogP contribution < -0.4 is 5.32 Å². The Hall–Kier alpha value is -3.29. The number of nitrogens with one attached hydrogen (secondary N) is 2. The second-order valence-corrected chi connectivity index (χ2v) is 6.88. The van der Waals surface area contributed by atoms with Crippen molar-refractivity contribution >= 4 is 11.8 Å². The van der Waals surface area contributed by atoms with Crippen molar-refractivity contribution in [2.75, 3.05) is 13.1 Å². The van der Waals surface area contributed by atoms with Gasteiger partial charge >= 0.3 is 0 Å². The highest BCUT2D eigenvalue weighted by molar-refractivity contribution is 5.95. The number of aromatic amines is 1. The van der Waals surface area contributed by atoms with Gasteiger partial charge in [-0.05, 0) is 38.1 Å². The first kappa shape index (κ1) is 17.1. The third-order valence-electron chi connectivity index (χ3n) is 4.91. The minimum absolute atomic E-state index is 0.0530. The van der Waals surface area contributed by atoms with Crippen LogP contribution in [0.2, 0.25) is 0 Å². The molecule has 8 heteroatoms. The van der Waals surface area contributed by atoms with Crippen LogP contribution in [-0.2, 0) is 7.05 Å². The second kappa shape index (κ2) is 6.46. The molecule has 1 aliphatic rings. The monoisotopic (exact) mass is 367 g/mol. The summed E-state index contributed by atoms with van der Waals surface area (Å²) in [6.07, 6.45) is 0. The van der Waals surface area contributed by atoms with Gasteiger partial charge < -0.3 is 19.2 Å². The SMILES string of the molecule is Cc1ccc(-c2cc(C(=O)N3CC(NC(=O)c4ccc(C)n4C)C3)n[nH]2)o1. The van der Waals surface area contributed by atoms with E-state index < -0.39 is 0 Å². The van der Waals surface area contributed by atoms with Crippen LogP contribution in [0, 0.1) is 13.8 Å². The number of aryl methyl sites for hydroxylation is 2. The van der Waals surface area contributed by atoms with E-state index in [1.54, 1.807) is 17.0 Å². The Balaban J connectivity index is 1.34. The predicted octanol–water partition coefficient (Wildman–Crippen LogP) is 1.88. The number of carbonyl (C=O) groups is 2. The van der Waals surface area contributed by atoms with Gasteiger partial charge in [-0.15, -0.1) is 0 Å². The molecule has 3 aromatic rings. The molecule has 4 heterocycles. The lowest BCUT2D eigenvalue weighted by Crippen LogP contribution is -2.61. The average molecular weight is 367 g/mol. The zero-order valence-electron chi connectivity index (χ0n) is 15.4. The molecule has 1 saturated heterocycles. The Morgan fingerprint density at radius 1 is 1.22 bits per heavy atom. The maximum absolute atomic E-state index is 12.5. The standard InChI is InChI=1S/C19H21N5O3/c1-11-4-6-16(23(11)3)18(25)20-13-9-24(10-13)19(26)15-8-14(21-22-15)17-7-5-12(2)27-17/h4-8,13H,9-10H2,1-3H3,(H,20,25)(H,21,22). The van der Waals surface area contributed by atoms with Gasteiger partial charge in [0.2, 0.25) is 0 Å². The topological polar surface area (TPSA) is 96.2 Å². The second-order valence-electron chi connectivity index (χ2n) is 6.88. The average Bonchev–Trinajstić information content (AvgIpc) is 3.31. The van der Waals surface area contributed by atoms with E-state index in [9.17, 15) is 9.59 Å². The van der Waals surface area contributed by atoms with E-state index in [1.165, 1.54) is 0 Å². The highest BCUT2D eigenvalue weighted by Crippen LogP contribution is 2.22. The van der Waals surface area contributed by atoms with Gasteiger partial charge in [-0.3, -0.25) is 14.7 Å². The summed E-state index contributed by atoms with van der Waals surface area (Å²) in [7, 11) is 1.86. The van der Waals surface area contributed by atoms with E-state index in [0.717, 1.165) is 11.5 Å². The van der Waals surface area contributed by atoms with Crippen LogP contribution in [-0.4, -0.2) is 50.6 Å². The number of amides is 2. The summed E-state index contributed by atoms with van der Waals surface area (Å²) in [5, 5.41) is 9.87. The van der Waals surface area contributed by atoms with Crippen LogP contribution in [0.5, 0.6) is 0 Å². The Kier molecular flexibility index (Phi) is 4.10. The first-order valence-corrected chi connectivity index (χ1v) is 8.77. The Morgan fingerprint density at radius 3 is 2.63 bits per heavy atom. The van der Waals surface area contributed by atoms with Crippen molar-refractivity contribution < 1.29 is 14.0 Å². The minimum atomic E-state index is -0.166. The molecule has 2 N–H and O–H groups in total. The molecule has 0 aliphatic carbocycles.